The molecule has 0 atom stereocenters. The highest BCUT2D eigenvalue weighted by Crippen LogP contribution is 1.77. The third-order valence-corrected chi connectivity index (χ3v) is 0.558. The van der Waals surface area contributed by atoms with Crippen molar-refractivity contribution in [2.45, 2.75) is 19.8 Å². The first kappa shape index (κ1) is 25.0. The van der Waals surface area contributed by atoms with Crippen molar-refractivity contribution in [1.82, 2.24) is 0 Å². The summed E-state index contributed by atoms with van der Waals surface area (Å²) in [4.78, 5) is 0. The fourth-order valence-electron chi connectivity index (χ4n) is 0.204. The van der Waals surface area contributed by atoms with Crippen molar-refractivity contribution in [2.75, 3.05) is 6.54 Å². The second-order valence-corrected chi connectivity index (χ2v) is 1.14. The number of hydrogen-bond donors (Lipinski definition) is 1. The third kappa shape index (κ3) is 41.0. The lowest BCUT2D eigenvalue weighted by atomic mass is 10.3. The molecule has 4 heteroatoms. The van der Waals surface area contributed by atoms with Crippen LogP contribution in [0.5, 0.6) is 0 Å². The zero-order valence-electron chi connectivity index (χ0n) is 5.11. The topological polar surface area (TPSA) is 89.0 Å². The van der Waals surface area contributed by atoms with Crippen molar-refractivity contribution in [2.24, 2.45) is 5.73 Å². The highest BCUT2D eigenvalue weighted by Gasteiger charge is 1.67. The molecule has 0 aromatic rings. The van der Waals surface area contributed by atoms with E-state index in [0.717, 1.165) is 6.54 Å². The van der Waals surface area contributed by atoms with Crippen LogP contribution in [0, 0.1) is 0 Å². The second kappa shape index (κ2) is 29.1. The summed E-state index contributed by atoms with van der Waals surface area (Å²) in [6, 6.07) is 0. The molecule has 6 N–H and O–H groups in total. The Kier molecular flexibility index (Phi) is 90.8. The molecule has 0 radical (unpaired) electrons. The Bertz CT molecular complexity index is 21.5. The van der Waals surface area contributed by atoms with E-state index in [1.807, 2.05) is 0 Å². The van der Waals surface area contributed by atoms with Crippen molar-refractivity contribution < 1.29 is 15.7 Å². The van der Waals surface area contributed by atoms with Gasteiger partial charge in [0.05, 0.1) is 0 Å². The minimum atomic E-state index is 0. The van der Waals surface area contributed by atoms with E-state index in [9.17, 15) is 0 Å². The van der Waals surface area contributed by atoms with E-state index in [0.29, 0.717) is 0 Å². The summed E-state index contributed by atoms with van der Waals surface area (Å²) < 4.78 is 0. The molecule has 0 saturated heterocycles. The Morgan fingerprint density at radius 3 is 1.62 bits per heavy atom. The van der Waals surface area contributed by atoms with Gasteiger partial charge in [0.15, 0.2) is 0 Å². The maximum Gasteiger partial charge on any atom is -0.00774 e. The van der Waals surface area contributed by atoms with Crippen molar-refractivity contribution >= 4 is 0 Å². The number of rotatable bonds is 2. The third-order valence-electron chi connectivity index (χ3n) is 0.558. The molecule has 56 valence electrons. The Morgan fingerprint density at radius 1 is 1.25 bits per heavy atom. The molecule has 0 bridgehead atoms. The zero-order chi connectivity index (χ0) is 4.12. The molecule has 3 nitrogen and oxygen atoms in total. The lowest BCUT2D eigenvalue weighted by Gasteiger charge is -1.80. The van der Waals surface area contributed by atoms with E-state index in [-0.39, 0.29) is 15.7 Å². The average molecular weight is 129 g/mol. The second-order valence-electron chi connectivity index (χ2n) is 1.14. The summed E-state index contributed by atoms with van der Waals surface area (Å²) in [6.07, 6.45) is 2.39. The predicted molar refractivity (Wildman–Crippen MR) is 33.7 cm³/mol. The first-order valence-corrected chi connectivity index (χ1v) is 2.12. The van der Waals surface area contributed by atoms with Crippen LogP contribution >= 0.6 is 0 Å². The van der Waals surface area contributed by atoms with Gasteiger partial charge >= 0.3 is 0 Å². The van der Waals surface area contributed by atoms with Crippen molar-refractivity contribution in [3.05, 3.63) is 0 Å². The van der Waals surface area contributed by atoms with Gasteiger partial charge in [-0.2, -0.15) is 0 Å². The minimum absolute atomic E-state index is 0. The smallest absolute Gasteiger partial charge is 0.00774 e. The normalized spacial score (nSPS) is 5.25. The van der Waals surface area contributed by atoms with E-state index in [1.54, 1.807) is 0 Å². The van der Waals surface area contributed by atoms with Gasteiger partial charge < -0.3 is 16.7 Å². The molecule has 0 aromatic heterocycles. The lowest BCUT2D eigenvalue weighted by Crippen LogP contribution is -1.95. The van der Waals surface area contributed by atoms with E-state index in [2.05, 4.69) is 6.92 Å². The molecule has 8 heavy (non-hydrogen) atoms. The van der Waals surface area contributed by atoms with E-state index in [1.165, 1.54) is 12.8 Å². The van der Waals surface area contributed by atoms with E-state index < -0.39 is 0 Å². The molecule has 0 aliphatic heterocycles. The molecule has 0 aliphatic rings. The van der Waals surface area contributed by atoms with Crippen LogP contribution in [0.3, 0.4) is 0 Å². The molecular weight excluding hydrogens is 113 g/mol. The van der Waals surface area contributed by atoms with Crippen LogP contribution in [0.25, 0.3) is 0 Å². The number of halogens is 1. The van der Waals surface area contributed by atoms with Gasteiger partial charge in [-0.1, -0.05) is 13.3 Å². The summed E-state index contributed by atoms with van der Waals surface area (Å²) in [5.41, 5.74) is 5.14. The summed E-state index contributed by atoms with van der Waals surface area (Å²) in [6.45, 7) is 2.98. The van der Waals surface area contributed by atoms with Crippen molar-refractivity contribution in [3.63, 3.8) is 0 Å². The SMILES string of the molecule is CCCCN.F.O.O. The Hall–Kier alpha value is -0.190. The fraction of sp³-hybridized carbons (Fsp3) is 1.00. The first-order valence-electron chi connectivity index (χ1n) is 2.12. The van der Waals surface area contributed by atoms with Gasteiger partial charge in [-0.25, -0.2) is 0 Å². The van der Waals surface area contributed by atoms with Gasteiger partial charge in [-0.3, -0.25) is 4.70 Å². The van der Waals surface area contributed by atoms with Crippen LogP contribution in [0.4, 0.5) is 4.70 Å². The average Bonchev–Trinajstić information content (AvgIpc) is 1.41. The standard InChI is InChI=1S/C4H11N.FH.2H2O/c1-2-3-4-5;;;/h2-5H2,1H3;1H;2*1H2. The van der Waals surface area contributed by atoms with Gasteiger partial charge in [0.1, 0.15) is 0 Å². The Morgan fingerprint density at radius 2 is 1.62 bits per heavy atom. The maximum atomic E-state index is 5.14. The van der Waals surface area contributed by atoms with E-state index >= 15 is 0 Å². The number of nitrogens with two attached hydrogens (primary N) is 1. The highest BCUT2D eigenvalue weighted by molar-refractivity contribution is 4.29. The lowest BCUT2D eigenvalue weighted by molar-refractivity contribution is 0.807. The van der Waals surface area contributed by atoms with Gasteiger partial charge in [-0.15, -0.1) is 0 Å². The van der Waals surface area contributed by atoms with E-state index in [4.69, 9.17) is 5.73 Å². The van der Waals surface area contributed by atoms with Crippen molar-refractivity contribution in [1.29, 1.82) is 0 Å². The van der Waals surface area contributed by atoms with Gasteiger partial charge in [0.2, 0.25) is 0 Å². The summed E-state index contributed by atoms with van der Waals surface area (Å²) in [7, 11) is 0. The predicted octanol–water partition coefficient (Wildman–Crippen LogP) is -0.752. The monoisotopic (exact) mass is 129 g/mol. The van der Waals surface area contributed by atoms with Gasteiger partial charge in [-0.05, 0) is 13.0 Å². The highest BCUT2D eigenvalue weighted by atomic mass is 19.0. The summed E-state index contributed by atoms with van der Waals surface area (Å²) in [5.74, 6) is 0. The van der Waals surface area contributed by atoms with Crippen LogP contribution < -0.4 is 5.73 Å². The Balaban J connectivity index is -0.0000000267. The molecule has 0 aromatic carbocycles. The Labute approximate surface area is 48.9 Å². The molecule has 0 aliphatic carbocycles. The molecule has 0 fully saturated rings. The fourth-order valence-corrected chi connectivity index (χ4v) is 0.204. The molecule has 0 amide bonds. The van der Waals surface area contributed by atoms with Gasteiger partial charge in [0.25, 0.3) is 0 Å². The molecule has 0 unspecified atom stereocenters. The summed E-state index contributed by atoms with van der Waals surface area (Å²) in [5, 5.41) is 0. The molecule has 0 spiro atoms. The maximum absolute atomic E-state index is 5.14. The number of hydrogen-bond acceptors (Lipinski definition) is 1. The van der Waals surface area contributed by atoms with Crippen LogP contribution in [0.2, 0.25) is 0 Å². The molecule has 0 heterocycles. The summed E-state index contributed by atoms with van der Waals surface area (Å²) >= 11 is 0. The van der Waals surface area contributed by atoms with Crippen LogP contribution in [-0.2, 0) is 0 Å². The number of unbranched alkanes of at least 4 members (excludes halogenated alkanes) is 1. The van der Waals surface area contributed by atoms with Crippen LogP contribution in [0.1, 0.15) is 19.8 Å². The molecule has 0 saturated carbocycles. The minimum Gasteiger partial charge on any atom is -0.412 e. The quantitative estimate of drug-likeness (QED) is 0.522. The molecular formula is C4H16FNO2. The zero-order valence-corrected chi connectivity index (χ0v) is 5.11. The largest absolute Gasteiger partial charge is 0.412 e. The molecule has 0 rings (SSSR count). The van der Waals surface area contributed by atoms with Crippen molar-refractivity contribution in [3.8, 4) is 0 Å². The van der Waals surface area contributed by atoms with Gasteiger partial charge in [0, 0.05) is 0 Å². The first-order chi connectivity index (χ1) is 2.41. The van der Waals surface area contributed by atoms with Crippen LogP contribution in [-0.4, -0.2) is 17.5 Å². The van der Waals surface area contributed by atoms with Crippen LogP contribution in [0.15, 0.2) is 0 Å².